The summed E-state index contributed by atoms with van der Waals surface area (Å²) in [4.78, 5) is 9.47. The Morgan fingerprint density at radius 1 is 1.00 bits per heavy atom. The minimum absolute atomic E-state index is 0.381. The summed E-state index contributed by atoms with van der Waals surface area (Å²) in [5, 5.41) is 7.71. The van der Waals surface area contributed by atoms with Crippen molar-refractivity contribution < 1.29 is 9.47 Å². The topological polar surface area (TPSA) is 74.1 Å². The maximum absolute atomic E-state index is 5.51. The molecule has 0 aliphatic carbocycles. The van der Waals surface area contributed by atoms with Gasteiger partial charge < -0.3 is 14.8 Å². The van der Waals surface area contributed by atoms with E-state index in [1.165, 1.54) is 0 Å². The molecule has 4 rings (SSSR count). The molecule has 2 heterocycles. The summed E-state index contributed by atoms with van der Waals surface area (Å²) in [7, 11) is 5.21. The normalized spacial score (nSPS) is 11.9. The van der Waals surface area contributed by atoms with Crippen molar-refractivity contribution in [2.24, 2.45) is 7.05 Å². The average molecular weight is 444 g/mol. The number of methoxy groups -OCH3 is 2. The molecule has 0 amide bonds. The molecule has 4 aromatic rings. The van der Waals surface area contributed by atoms with Crippen LogP contribution in [0, 0.1) is 0 Å². The van der Waals surface area contributed by atoms with E-state index in [1.54, 1.807) is 31.3 Å². The molecule has 0 aliphatic heterocycles. The first-order chi connectivity index (χ1) is 16.0. The Hall–Kier alpha value is -3.71. The van der Waals surface area contributed by atoms with Crippen molar-refractivity contribution in [1.82, 2.24) is 25.1 Å². The van der Waals surface area contributed by atoms with E-state index in [-0.39, 0.29) is 0 Å². The number of nitrogens with one attached hydrogen (secondary N) is 1. The van der Waals surface area contributed by atoms with E-state index in [0.717, 1.165) is 57.0 Å². The number of aryl methyl sites for hydroxylation is 1. The van der Waals surface area contributed by atoms with Gasteiger partial charge in [0.2, 0.25) is 0 Å². The molecule has 0 fully saturated rings. The summed E-state index contributed by atoms with van der Waals surface area (Å²) < 4.78 is 12.8. The third-order valence-corrected chi connectivity index (χ3v) is 5.35. The standard InChI is InChI=1S/C26H29N5O2/c1-17(2)27-9-8-23(19-10-21(32-4)13-22(11-19)33-5)18-6-7-24-25(12-18)30-26(15-28-24)20-14-29-31(3)16-20/h6-8,10-17,27H,9H2,1-5H3. The SMILES string of the molecule is COc1cc(OC)cc(C(=CCNC(C)C)c2ccc3ncc(-c4cnn(C)c4)nc3c2)c1. The Morgan fingerprint density at radius 3 is 2.39 bits per heavy atom. The zero-order valence-corrected chi connectivity index (χ0v) is 19.7. The number of rotatable bonds is 8. The Balaban J connectivity index is 1.81. The van der Waals surface area contributed by atoms with E-state index in [9.17, 15) is 0 Å². The molecule has 0 radical (unpaired) electrons. The molecule has 0 unspecified atom stereocenters. The van der Waals surface area contributed by atoms with Crippen LogP contribution in [0.15, 0.2) is 61.1 Å². The van der Waals surface area contributed by atoms with Crippen molar-refractivity contribution in [3.8, 4) is 22.8 Å². The van der Waals surface area contributed by atoms with Gasteiger partial charge in [0.05, 0.1) is 43.3 Å². The van der Waals surface area contributed by atoms with Gasteiger partial charge in [-0.3, -0.25) is 9.67 Å². The quantitative estimate of drug-likeness (QED) is 0.433. The number of ether oxygens (including phenoxy) is 2. The molecule has 1 N–H and O–H groups in total. The number of hydrogen-bond donors (Lipinski definition) is 1. The van der Waals surface area contributed by atoms with E-state index < -0.39 is 0 Å². The maximum atomic E-state index is 5.51. The maximum Gasteiger partial charge on any atom is 0.123 e. The second-order valence-electron chi connectivity index (χ2n) is 8.14. The number of benzene rings is 2. The fourth-order valence-corrected chi connectivity index (χ4v) is 3.63. The van der Waals surface area contributed by atoms with Crippen molar-refractivity contribution in [2.75, 3.05) is 20.8 Å². The summed E-state index contributed by atoms with van der Waals surface area (Å²) in [5.41, 5.74) is 6.51. The molecule has 2 aromatic heterocycles. The molecular formula is C26H29N5O2. The van der Waals surface area contributed by atoms with Gasteiger partial charge >= 0.3 is 0 Å². The van der Waals surface area contributed by atoms with Gasteiger partial charge in [-0.15, -0.1) is 0 Å². The number of hydrogen-bond acceptors (Lipinski definition) is 6. The highest BCUT2D eigenvalue weighted by molar-refractivity contribution is 5.87. The molecule has 7 heteroatoms. The monoisotopic (exact) mass is 443 g/mol. The first-order valence-corrected chi connectivity index (χ1v) is 10.9. The molecule has 2 aromatic carbocycles. The molecule has 33 heavy (non-hydrogen) atoms. The van der Waals surface area contributed by atoms with Crippen LogP contribution in [0.2, 0.25) is 0 Å². The highest BCUT2D eigenvalue weighted by atomic mass is 16.5. The summed E-state index contributed by atoms with van der Waals surface area (Å²) in [5.74, 6) is 1.48. The molecule has 0 spiro atoms. The van der Waals surface area contributed by atoms with Crippen molar-refractivity contribution in [1.29, 1.82) is 0 Å². The van der Waals surface area contributed by atoms with Gasteiger partial charge in [-0.05, 0) is 41.0 Å². The van der Waals surface area contributed by atoms with Crippen molar-refractivity contribution >= 4 is 16.6 Å². The minimum Gasteiger partial charge on any atom is -0.497 e. The van der Waals surface area contributed by atoms with Gasteiger partial charge in [0.25, 0.3) is 0 Å². The van der Waals surface area contributed by atoms with Gasteiger partial charge in [0, 0.05) is 37.5 Å². The largest absolute Gasteiger partial charge is 0.497 e. The van der Waals surface area contributed by atoms with Crippen LogP contribution in [0.25, 0.3) is 27.9 Å². The summed E-state index contributed by atoms with van der Waals surface area (Å²) in [6.45, 7) is 4.99. The molecule has 7 nitrogen and oxygen atoms in total. The zero-order chi connectivity index (χ0) is 23.4. The van der Waals surface area contributed by atoms with Gasteiger partial charge in [0.1, 0.15) is 11.5 Å². The number of fused-ring (bicyclic) bond motifs is 1. The Labute approximate surface area is 194 Å². The van der Waals surface area contributed by atoms with Crippen LogP contribution in [-0.4, -0.2) is 46.6 Å². The second-order valence-corrected chi connectivity index (χ2v) is 8.14. The van der Waals surface area contributed by atoms with Gasteiger partial charge in [-0.2, -0.15) is 5.10 Å². The third kappa shape index (κ3) is 5.21. The lowest BCUT2D eigenvalue weighted by atomic mass is 9.96. The lowest BCUT2D eigenvalue weighted by Crippen LogP contribution is -2.22. The van der Waals surface area contributed by atoms with Crippen molar-refractivity contribution in [3.05, 3.63) is 72.2 Å². The lowest BCUT2D eigenvalue weighted by Gasteiger charge is -2.14. The number of aromatic nitrogens is 4. The van der Waals surface area contributed by atoms with E-state index in [4.69, 9.17) is 14.5 Å². The van der Waals surface area contributed by atoms with Crippen LogP contribution in [0.4, 0.5) is 0 Å². The first-order valence-electron chi connectivity index (χ1n) is 10.9. The lowest BCUT2D eigenvalue weighted by molar-refractivity contribution is 0.394. The molecule has 0 aliphatic rings. The molecule has 0 atom stereocenters. The second kappa shape index (κ2) is 9.83. The van der Waals surface area contributed by atoms with Crippen LogP contribution in [0.3, 0.4) is 0 Å². The van der Waals surface area contributed by atoms with Gasteiger partial charge in [-0.1, -0.05) is 26.0 Å². The minimum atomic E-state index is 0.381. The molecule has 0 bridgehead atoms. The highest BCUT2D eigenvalue weighted by Crippen LogP contribution is 2.32. The van der Waals surface area contributed by atoms with E-state index in [1.807, 2.05) is 37.5 Å². The molecular weight excluding hydrogens is 414 g/mol. The van der Waals surface area contributed by atoms with Crippen LogP contribution in [0.5, 0.6) is 11.5 Å². The summed E-state index contributed by atoms with van der Waals surface area (Å²) in [6.07, 6.45) is 7.71. The van der Waals surface area contributed by atoms with E-state index in [0.29, 0.717) is 6.04 Å². The van der Waals surface area contributed by atoms with Crippen LogP contribution in [0.1, 0.15) is 25.0 Å². The van der Waals surface area contributed by atoms with Gasteiger partial charge in [-0.25, -0.2) is 4.98 Å². The fourth-order valence-electron chi connectivity index (χ4n) is 3.63. The Morgan fingerprint density at radius 2 is 1.76 bits per heavy atom. The van der Waals surface area contributed by atoms with Crippen LogP contribution in [-0.2, 0) is 7.05 Å². The van der Waals surface area contributed by atoms with Gasteiger partial charge in [0.15, 0.2) is 0 Å². The summed E-state index contributed by atoms with van der Waals surface area (Å²) >= 11 is 0. The smallest absolute Gasteiger partial charge is 0.123 e. The predicted octanol–water partition coefficient (Wildman–Crippen LogP) is 4.48. The molecule has 0 saturated heterocycles. The predicted molar refractivity (Wildman–Crippen MR) is 132 cm³/mol. The molecule has 170 valence electrons. The molecule has 0 saturated carbocycles. The van der Waals surface area contributed by atoms with Crippen molar-refractivity contribution in [2.45, 2.75) is 19.9 Å². The summed E-state index contributed by atoms with van der Waals surface area (Å²) in [6, 6.07) is 12.5. The van der Waals surface area contributed by atoms with Crippen LogP contribution >= 0.6 is 0 Å². The van der Waals surface area contributed by atoms with E-state index in [2.05, 4.69) is 47.5 Å². The van der Waals surface area contributed by atoms with E-state index >= 15 is 0 Å². The van der Waals surface area contributed by atoms with Crippen LogP contribution < -0.4 is 14.8 Å². The zero-order valence-electron chi connectivity index (χ0n) is 19.7. The van der Waals surface area contributed by atoms with Crippen molar-refractivity contribution in [3.63, 3.8) is 0 Å². The first kappa shape index (κ1) is 22.5. The number of nitrogens with zero attached hydrogens (tertiary/aromatic N) is 4. The average Bonchev–Trinajstić information content (AvgIpc) is 3.26. The Bertz CT molecular complexity index is 1270. The Kier molecular flexibility index (Phi) is 6.70. The highest BCUT2D eigenvalue weighted by Gasteiger charge is 2.12. The third-order valence-electron chi connectivity index (χ3n) is 5.35. The fraction of sp³-hybridized carbons (Fsp3) is 0.269.